The molecule has 19 heteroatoms. The van der Waals surface area contributed by atoms with E-state index >= 15 is 0 Å². The fourth-order valence-electron chi connectivity index (χ4n) is 7.17. The number of guanidine groups is 1. The number of fused-ring (bicyclic) bond motifs is 1. The predicted molar refractivity (Wildman–Crippen MR) is 254 cm³/mol. The monoisotopic (exact) mass is 929 g/mol. The highest BCUT2D eigenvalue weighted by Crippen LogP contribution is 2.22. The summed E-state index contributed by atoms with van der Waals surface area (Å²) in [6.07, 6.45) is 5.24. The summed E-state index contributed by atoms with van der Waals surface area (Å²) in [6, 6.07) is 17.5. The minimum Gasteiger partial charge on any atom is -0.374 e. The van der Waals surface area contributed by atoms with Crippen LogP contribution in [0.2, 0.25) is 5.02 Å². The Morgan fingerprint density at radius 3 is 2.11 bits per heavy atom. The Labute approximate surface area is 390 Å². The molecule has 18 nitrogen and oxygen atoms in total. The number of amides is 6. The van der Waals surface area contributed by atoms with Crippen LogP contribution in [0.1, 0.15) is 68.6 Å². The molecule has 4 aromatic rings. The number of aromatic nitrogens is 1. The van der Waals surface area contributed by atoms with Gasteiger partial charge < -0.3 is 58.8 Å². The first-order chi connectivity index (χ1) is 31.7. The Hall–Kier alpha value is -6.50. The number of nitrogens with two attached hydrogens (primary N) is 4. The Morgan fingerprint density at radius 1 is 0.742 bits per heavy atom. The van der Waals surface area contributed by atoms with Crippen LogP contribution >= 0.6 is 11.6 Å². The molecule has 4 rings (SSSR count). The van der Waals surface area contributed by atoms with Crippen molar-refractivity contribution >= 4 is 63.9 Å². The first kappa shape index (κ1) is 52.1. The lowest BCUT2D eigenvalue weighted by atomic mass is 10.0. The molecule has 0 aliphatic heterocycles. The molecule has 0 radical (unpaired) electrons. The molecule has 3 aromatic carbocycles. The number of hydrogen-bond donors (Lipinski definition) is 9. The van der Waals surface area contributed by atoms with E-state index < -0.39 is 59.7 Å². The number of unbranched alkanes of at least 4 members (excludes halogenated alkanes) is 3. The van der Waals surface area contributed by atoms with Gasteiger partial charge in [-0.3, -0.25) is 33.8 Å². The molecule has 356 valence electrons. The van der Waals surface area contributed by atoms with Gasteiger partial charge in [-0.2, -0.15) is 0 Å². The Balaban J connectivity index is 1.64. The first-order valence-corrected chi connectivity index (χ1v) is 22.5. The van der Waals surface area contributed by atoms with Gasteiger partial charge in [-0.1, -0.05) is 85.1 Å². The van der Waals surface area contributed by atoms with Crippen LogP contribution < -0.4 is 44.2 Å². The molecule has 0 spiro atoms. The molecule has 1 aromatic heterocycles. The van der Waals surface area contributed by atoms with Crippen LogP contribution in [0.15, 0.2) is 90.1 Å². The van der Waals surface area contributed by atoms with Gasteiger partial charge in [0.05, 0.1) is 13.2 Å². The summed E-state index contributed by atoms with van der Waals surface area (Å²) in [6.45, 7) is 2.06. The van der Waals surface area contributed by atoms with Crippen LogP contribution in [0.5, 0.6) is 0 Å². The van der Waals surface area contributed by atoms with Gasteiger partial charge in [-0.15, -0.1) is 0 Å². The third kappa shape index (κ3) is 17.1. The molecule has 0 fully saturated rings. The van der Waals surface area contributed by atoms with Crippen LogP contribution in [-0.2, 0) is 53.0 Å². The van der Waals surface area contributed by atoms with Crippen molar-refractivity contribution in [2.24, 2.45) is 27.9 Å². The molecular weight excluding hydrogens is 866 g/mol. The van der Waals surface area contributed by atoms with Gasteiger partial charge in [0.15, 0.2) is 5.96 Å². The van der Waals surface area contributed by atoms with E-state index in [1.54, 1.807) is 30.5 Å². The molecule has 0 aliphatic carbocycles. The van der Waals surface area contributed by atoms with E-state index in [4.69, 9.17) is 39.3 Å². The van der Waals surface area contributed by atoms with Crippen LogP contribution in [0.25, 0.3) is 10.9 Å². The summed E-state index contributed by atoms with van der Waals surface area (Å²) < 4.78 is 5.93. The zero-order valence-electron chi connectivity index (χ0n) is 37.6. The van der Waals surface area contributed by atoms with Gasteiger partial charge in [0.25, 0.3) is 0 Å². The summed E-state index contributed by atoms with van der Waals surface area (Å²) in [5, 5.41) is 12.3. The van der Waals surface area contributed by atoms with Crippen molar-refractivity contribution in [2.45, 2.75) is 102 Å². The number of halogens is 1. The minimum absolute atomic E-state index is 0.0176. The number of aliphatic imine (C=N–C) groups is 1. The van der Waals surface area contributed by atoms with Crippen molar-refractivity contribution in [2.75, 3.05) is 26.7 Å². The van der Waals surface area contributed by atoms with E-state index in [1.807, 2.05) is 54.6 Å². The second-order valence-electron chi connectivity index (χ2n) is 16.1. The molecule has 0 bridgehead atoms. The van der Waals surface area contributed by atoms with Crippen molar-refractivity contribution in [3.05, 3.63) is 107 Å². The van der Waals surface area contributed by atoms with Crippen LogP contribution in [0, 0.1) is 0 Å². The second kappa shape index (κ2) is 27.1. The van der Waals surface area contributed by atoms with Crippen LogP contribution in [0.3, 0.4) is 0 Å². The zero-order chi connectivity index (χ0) is 48.0. The van der Waals surface area contributed by atoms with E-state index in [9.17, 15) is 28.8 Å². The number of aromatic amines is 1. The van der Waals surface area contributed by atoms with Crippen molar-refractivity contribution in [3.8, 4) is 0 Å². The number of hydrogen-bond acceptors (Lipinski definition) is 9. The van der Waals surface area contributed by atoms with Crippen molar-refractivity contribution in [1.29, 1.82) is 0 Å². The summed E-state index contributed by atoms with van der Waals surface area (Å²) in [7, 11) is 1.43. The SMILES string of the molecule is C[C@H](NC(=O)[C@H](Cc1c[nH]c2ccccc12)N(C)C(=O)[C@H](CCCN=C(N)N)NC(=O)[C@@H](Cc1ccc(Cl)cc1)NC(=O)[C@H](COCc1ccccc1)NC(=O)CCCCCCN)C(N)=O. The summed E-state index contributed by atoms with van der Waals surface area (Å²) in [5.41, 5.74) is 25.3. The third-order valence-corrected chi connectivity index (χ3v) is 11.2. The molecule has 0 aliphatic rings. The fraction of sp³-hybridized carbons (Fsp3) is 0.426. The zero-order valence-corrected chi connectivity index (χ0v) is 38.4. The number of benzene rings is 3. The number of nitrogens with one attached hydrogen (secondary N) is 5. The van der Waals surface area contributed by atoms with Gasteiger partial charge in [0.2, 0.25) is 35.4 Å². The molecular formula is C47H64ClN11O7. The number of carbonyl (C=O) groups excluding carboxylic acids is 6. The quantitative estimate of drug-likeness (QED) is 0.0227. The average Bonchev–Trinajstić information content (AvgIpc) is 3.71. The number of rotatable bonds is 28. The number of ether oxygens (including phenoxy) is 1. The summed E-state index contributed by atoms with van der Waals surface area (Å²) in [4.78, 5) is 91.1. The maximum atomic E-state index is 14.7. The molecule has 0 saturated carbocycles. The van der Waals surface area contributed by atoms with E-state index in [1.165, 1.54) is 18.9 Å². The molecule has 0 unspecified atom stereocenters. The van der Waals surface area contributed by atoms with Crippen molar-refractivity contribution in [3.63, 3.8) is 0 Å². The smallest absolute Gasteiger partial charge is 0.245 e. The van der Waals surface area contributed by atoms with Crippen molar-refractivity contribution < 1.29 is 33.5 Å². The number of para-hydroxylation sites is 1. The molecule has 66 heavy (non-hydrogen) atoms. The number of likely N-dealkylation sites (N-methyl/N-ethyl adjacent to an activating group) is 1. The Bertz CT molecular complexity index is 2240. The maximum absolute atomic E-state index is 14.7. The maximum Gasteiger partial charge on any atom is 0.245 e. The first-order valence-electron chi connectivity index (χ1n) is 22.1. The van der Waals surface area contributed by atoms with Crippen LogP contribution in [0.4, 0.5) is 0 Å². The average molecular weight is 931 g/mol. The van der Waals surface area contributed by atoms with Gasteiger partial charge in [0.1, 0.15) is 30.2 Å². The summed E-state index contributed by atoms with van der Waals surface area (Å²) >= 11 is 6.19. The van der Waals surface area contributed by atoms with E-state index in [0.717, 1.165) is 41.3 Å². The Kier molecular flexibility index (Phi) is 21.4. The molecule has 5 atom stereocenters. The third-order valence-electron chi connectivity index (χ3n) is 10.9. The van der Waals surface area contributed by atoms with E-state index in [-0.39, 0.29) is 63.7 Å². The van der Waals surface area contributed by atoms with Crippen LogP contribution in [-0.4, -0.2) is 108 Å². The number of nitrogens with zero attached hydrogens (tertiary/aromatic N) is 2. The normalized spacial score (nSPS) is 13.3. The molecule has 1 heterocycles. The van der Waals surface area contributed by atoms with Gasteiger partial charge >= 0.3 is 0 Å². The molecule has 13 N–H and O–H groups in total. The highest BCUT2D eigenvalue weighted by molar-refractivity contribution is 6.30. The topological polar surface area (TPSA) is 295 Å². The van der Waals surface area contributed by atoms with Crippen molar-refractivity contribution in [1.82, 2.24) is 31.2 Å². The standard InChI is InChI=1S/C47H64ClN11O7/c1-30(42(50)61)55-45(64)40(26-33-27-54-36-16-10-9-15-35(33)36)59(2)46(65)37(17-12-24-53-47(51)52)57-43(62)38(25-31-19-21-34(48)22-20-31)58-44(63)39(29-66-28-32-13-6-5-7-14-32)56-41(60)18-8-3-4-11-23-49/h5-7,9-10,13-16,19-22,27,30,37-40,54H,3-4,8,11-12,17-18,23-26,28-29,49H2,1-2H3,(H2,50,61)(H,55,64)(H,56,60)(H,57,62)(H,58,63)(H4,51,52,53)/t30-,37-,38+,39-,40-/m0/s1. The molecule has 6 amide bonds. The van der Waals surface area contributed by atoms with E-state index in [0.29, 0.717) is 23.6 Å². The lowest BCUT2D eigenvalue weighted by Gasteiger charge is -2.32. The largest absolute Gasteiger partial charge is 0.374 e. The molecule has 0 saturated heterocycles. The van der Waals surface area contributed by atoms with Gasteiger partial charge in [0, 0.05) is 55.0 Å². The lowest BCUT2D eigenvalue weighted by molar-refractivity contribution is -0.143. The lowest BCUT2D eigenvalue weighted by Crippen LogP contribution is -2.60. The van der Waals surface area contributed by atoms with Gasteiger partial charge in [-0.25, -0.2) is 0 Å². The summed E-state index contributed by atoms with van der Waals surface area (Å²) in [5.74, 6) is -4.03. The van der Waals surface area contributed by atoms with Gasteiger partial charge in [-0.05, 0) is 74.0 Å². The highest BCUT2D eigenvalue weighted by atomic mass is 35.5. The highest BCUT2D eigenvalue weighted by Gasteiger charge is 2.35. The number of primary amides is 1. The number of H-pyrrole nitrogens is 1. The minimum atomic E-state index is -1.29. The predicted octanol–water partition coefficient (Wildman–Crippen LogP) is 2.06. The second-order valence-corrected chi connectivity index (χ2v) is 16.6. The van der Waals surface area contributed by atoms with E-state index in [2.05, 4.69) is 31.2 Å². The fourth-order valence-corrected chi connectivity index (χ4v) is 7.29. The number of carbonyl (C=O) groups is 6. The Morgan fingerprint density at radius 2 is 1.41 bits per heavy atom.